The predicted octanol–water partition coefficient (Wildman–Crippen LogP) is 4.78. The molecule has 0 saturated carbocycles. The lowest BCUT2D eigenvalue weighted by atomic mass is 10.2. The van der Waals surface area contributed by atoms with Crippen molar-refractivity contribution in [2.24, 2.45) is 0 Å². The molecule has 6 nitrogen and oxygen atoms in total. The van der Waals surface area contributed by atoms with Crippen LogP contribution < -0.4 is 10.9 Å². The third kappa shape index (κ3) is 4.62. The summed E-state index contributed by atoms with van der Waals surface area (Å²) in [4.78, 5) is 34.8. The molecule has 0 radical (unpaired) electrons. The van der Waals surface area contributed by atoms with Gasteiger partial charge in [-0.2, -0.15) is 0 Å². The molecule has 0 saturated heterocycles. The summed E-state index contributed by atoms with van der Waals surface area (Å²) >= 11 is 7.38. The zero-order chi connectivity index (χ0) is 22.0. The van der Waals surface area contributed by atoms with Gasteiger partial charge in [0.15, 0.2) is 5.16 Å². The molecule has 0 fully saturated rings. The van der Waals surface area contributed by atoms with Crippen molar-refractivity contribution < 1.29 is 4.79 Å². The van der Waals surface area contributed by atoms with Crippen LogP contribution in [0.15, 0.2) is 70.7 Å². The van der Waals surface area contributed by atoms with E-state index >= 15 is 0 Å². The highest BCUT2D eigenvalue weighted by molar-refractivity contribution is 7.99. The van der Waals surface area contributed by atoms with Crippen molar-refractivity contribution in [2.75, 3.05) is 11.1 Å². The molecule has 0 spiro atoms. The maximum Gasteiger partial charge on any atom is 0.267 e. The van der Waals surface area contributed by atoms with Crippen LogP contribution in [0.4, 0.5) is 5.69 Å². The number of amides is 1. The molecule has 0 bridgehead atoms. The summed E-state index contributed by atoms with van der Waals surface area (Å²) in [6, 6.07) is 16.2. The van der Waals surface area contributed by atoms with E-state index in [1.165, 1.54) is 16.3 Å². The summed E-state index contributed by atoms with van der Waals surface area (Å²) in [7, 11) is 0. The predicted molar refractivity (Wildman–Crippen MR) is 125 cm³/mol. The van der Waals surface area contributed by atoms with E-state index in [0.717, 1.165) is 11.1 Å². The fraction of sp³-hybridized carbons (Fsp3) is 0.130. The van der Waals surface area contributed by atoms with Crippen molar-refractivity contribution >= 4 is 45.9 Å². The van der Waals surface area contributed by atoms with Crippen LogP contribution in [-0.2, 0) is 4.79 Å². The molecule has 0 unspecified atom stereocenters. The van der Waals surface area contributed by atoms with E-state index in [1.807, 2.05) is 38.1 Å². The van der Waals surface area contributed by atoms with E-state index in [2.05, 4.69) is 15.3 Å². The number of thioether (sulfide) groups is 1. The second-order valence-corrected chi connectivity index (χ2v) is 8.41. The van der Waals surface area contributed by atoms with Gasteiger partial charge in [0.05, 0.1) is 27.4 Å². The Morgan fingerprint density at radius 2 is 1.87 bits per heavy atom. The van der Waals surface area contributed by atoms with Gasteiger partial charge in [0.25, 0.3) is 5.56 Å². The van der Waals surface area contributed by atoms with Gasteiger partial charge in [-0.1, -0.05) is 41.6 Å². The van der Waals surface area contributed by atoms with Crippen molar-refractivity contribution in [3.05, 3.63) is 87.3 Å². The van der Waals surface area contributed by atoms with Crippen LogP contribution in [0.3, 0.4) is 0 Å². The Morgan fingerprint density at radius 1 is 1.10 bits per heavy atom. The molecule has 2 aromatic heterocycles. The molecule has 0 aliphatic heterocycles. The zero-order valence-electron chi connectivity index (χ0n) is 16.9. The van der Waals surface area contributed by atoms with Crippen molar-refractivity contribution in [1.29, 1.82) is 0 Å². The van der Waals surface area contributed by atoms with Crippen molar-refractivity contribution in [3.8, 4) is 5.82 Å². The minimum Gasteiger partial charge on any atom is -0.324 e. The molecule has 0 aliphatic rings. The van der Waals surface area contributed by atoms with E-state index in [1.54, 1.807) is 36.5 Å². The Balaban J connectivity index is 1.67. The molecule has 2 heterocycles. The summed E-state index contributed by atoms with van der Waals surface area (Å²) in [5, 5.41) is 4.17. The number of fused-ring (bicyclic) bond motifs is 1. The standard InChI is InChI=1S/C23H19ClN4O2S/c1-14-7-8-19(17(24)11-14)26-21(29)13-31-23-27-18-6-4-3-5-16(18)22(30)28(23)20-12-15(2)9-10-25-20/h3-12H,13H2,1-2H3,(H,26,29). The van der Waals surface area contributed by atoms with Gasteiger partial charge in [0.1, 0.15) is 5.82 Å². The van der Waals surface area contributed by atoms with E-state index in [9.17, 15) is 9.59 Å². The van der Waals surface area contributed by atoms with E-state index in [-0.39, 0.29) is 17.2 Å². The smallest absolute Gasteiger partial charge is 0.267 e. The van der Waals surface area contributed by atoms with E-state index in [0.29, 0.717) is 32.6 Å². The second kappa shape index (κ2) is 8.91. The number of para-hydroxylation sites is 1. The summed E-state index contributed by atoms with van der Waals surface area (Å²) < 4.78 is 1.45. The molecule has 31 heavy (non-hydrogen) atoms. The number of nitrogens with one attached hydrogen (secondary N) is 1. The van der Waals surface area contributed by atoms with Crippen LogP contribution in [0.2, 0.25) is 5.02 Å². The van der Waals surface area contributed by atoms with E-state index in [4.69, 9.17) is 11.6 Å². The first-order valence-electron chi connectivity index (χ1n) is 9.56. The summed E-state index contributed by atoms with van der Waals surface area (Å²) in [5.74, 6) is 0.274. The molecule has 1 N–H and O–H groups in total. The maximum atomic E-state index is 13.2. The number of carbonyl (C=O) groups is 1. The Bertz CT molecular complexity index is 1350. The highest BCUT2D eigenvalue weighted by atomic mass is 35.5. The molecule has 1 amide bonds. The number of hydrogen-bond donors (Lipinski definition) is 1. The number of carbonyl (C=O) groups excluding carboxylic acids is 1. The molecule has 8 heteroatoms. The minimum atomic E-state index is -0.248. The first kappa shape index (κ1) is 21.1. The SMILES string of the molecule is Cc1ccnc(-n2c(SCC(=O)Nc3ccc(C)cc3Cl)nc3ccccc3c2=O)c1. The largest absolute Gasteiger partial charge is 0.324 e. The molecular formula is C23H19ClN4O2S. The molecule has 2 aromatic carbocycles. The Morgan fingerprint density at radius 3 is 2.65 bits per heavy atom. The topological polar surface area (TPSA) is 76.9 Å². The summed E-state index contributed by atoms with van der Waals surface area (Å²) in [6.07, 6.45) is 1.65. The van der Waals surface area contributed by atoms with Crippen molar-refractivity contribution in [2.45, 2.75) is 19.0 Å². The lowest BCUT2D eigenvalue weighted by molar-refractivity contribution is -0.113. The average Bonchev–Trinajstić information content (AvgIpc) is 2.74. The number of pyridine rings is 1. The number of nitrogens with zero attached hydrogens (tertiary/aromatic N) is 3. The third-order valence-electron chi connectivity index (χ3n) is 4.61. The van der Waals surface area contributed by atoms with Gasteiger partial charge < -0.3 is 5.32 Å². The minimum absolute atomic E-state index is 0.0564. The lowest BCUT2D eigenvalue weighted by Crippen LogP contribution is -2.23. The fourth-order valence-electron chi connectivity index (χ4n) is 3.09. The van der Waals surface area contributed by atoms with Crippen LogP contribution in [0.25, 0.3) is 16.7 Å². The summed E-state index contributed by atoms with van der Waals surface area (Å²) in [5.41, 5.74) is 2.86. The zero-order valence-corrected chi connectivity index (χ0v) is 18.5. The maximum absolute atomic E-state index is 13.2. The van der Waals surface area contributed by atoms with Crippen LogP contribution in [0.1, 0.15) is 11.1 Å². The number of benzene rings is 2. The summed E-state index contributed by atoms with van der Waals surface area (Å²) in [6.45, 7) is 3.85. The fourth-order valence-corrected chi connectivity index (χ4v) is 4.17. The Hall–Kier alpha value is -3.16. The molecule has 4 aromatic rings. The Kier molecular flexibility index (Phi) is 6.06. The van der Waals surface area contributed by atoms with E-state index < -0.39 is 0 Å². The van der Waals surface area contributed by atoms with Gasteiger partial charge >= 0.3 is 0 Å². The number of hydrogen-bond acceptors (Lipinski definition) is 5. The molecular weight excluding hydrogens is 432 g/mol. The normalized spacial score (nSPS) is 10.9. The molecule has 0 aliphatic carbocycles. The van der Waals surface area contributed by atoms with Crippen molar-refractivity contribution in [1.82, 2.24) is 14.5 Å². The first-order valence-corrected chi connectivity index (χ1v) is 10.9. The number of anilines is 1. The van der Waals surface area contributed by atoms with Gasteiger partial charge in [-0.25, -0.2) is 14.5 Å². The molecule has 4 rings (SSSR count). The van der Waals surface area contributed by atoms with Crippen LogP contribution >= 0.6 is 23.4 Å². The number of aromatic nitrogens is 3. The van der Waals surface area contributed by atoms with Gasteiger partial charge in [0, 0.05) is 6.20 Å². The Labute approximate surface area is 188 Å². The van der Waals surface area contributed by atoms with Crippen LogP contribution in [0.5, 0.6) is 0 Å². The van der Waals surface area contributed by atoms with Crippen LogP contribution in [-0.4, -0.2) is 26.2 Å². The van der Waals surface area contributed by atoms with Gasteiger partial charge in [-0.15, -0.1) is 0 Å². The molecule has 156 valence electrons. The number of rotatable bonds is 5. The van der Waals surface area contributed by atoms with Crippen LogP contribution in [0, 0.1) is 13.8 Å². The highest BCUT2D eigenvalue weighted by Crippen LogP contribution is 2.24. The quantitative estimate of drug-likeness (QED) is 0.349. The van der Waals surface area contributed by atoms with Gasteiger partial charge in [-0.3, -0.25) is 9.59 Å². The number of halogens is 1. The first-order chi connectivity index (χ1) is 14.9. The molecule has 0 atom stereocenters. The van der Waals surface area contributed by atoms with Gasteiger partial charge in [0.2, 0.25) is 5.91 Å². The second-order valence-electron chi connectivity index (χ2n) is 7.06. The monoisotopic (exact) mass is 450 g/mol. The number of aryl methyl sites for hydroxylation is 2. The van der Waals surface area contributed by atoms with Crippen molar-refractivity contribution in [3.63, 3.8) is 0 Å². The highest BCUT2D eigenvalue weighted by Gasteiger charge is 2.16. The average molecular weight is 451 g/mol. The van der Waals surface area contributed by atoms with Gasteiger partial charge in [-0.05, 0) is 61.4 Å². The third-order valence-corrected chi connectivity index (χ3v) is 5.86. The lowest BCUT2D eigenvalue weighted by Gasteiger charge is -2.13.